The quantitative estimate of drug-likeness (QED) is 0.687. The van der Waals surface area contributed by atoms with Crippen molar-refractivity contribution >= 4 is 11.6 Å². The minimum Gasteiger partial charge on any atom is -0.472 e. The van der Waals surface area contributed by atoms with Gasteiger partial charge in [-0.25, -0.2) is 0 Å². The van der Waals surface area contributed by atoms with Crippen molar-refractivity contribution in [2.24, 2.45) is 0 Å². The standard InChI is InChI=1S/C22H23N3O3/c26-22(21-5-1-2-12-25(21)15-17-10-13-27-16-17)24-18-6-8-19(9-7-18)28-20-4-3-11-23-14-20/h3-4,6-11,13-14,16,21H,1-2,5,12,15H2,(H,24,26)/t21-/m1/s1. The normalized spacial score (nSPS) is 17.2. The minimum absolute atomic E-state index is 0.0316. The molecule has 1 atom stereocenters. The summed E-state index contributed by atoms with van der Waals surface area (Å²) in [7, 11) is 0. The molecule has 3 heterocycles. The highest BCUT2D eigenvalue weighted by atomic mass is 16.5. The second-order valence-corrected chi connectivity index (χ2v) is 6.92. The summed E-state index contributed by atoms with van der Waals surface area (Å²) >= 11 is 0. The number of furan rings is 1. The van der Waals surface area contributed by atoms with Crippen molar-refractivity contribution in [3.8, 4) is 11.5 Å². The van der Waals surface area contributed by atoms with Gasteiger partial charge in [-0.1, -0.05) is 6.42 Å². The largest absolute Gasteiger partial charge is 0.472 e. The van der Waals surface area contributed by atoms with Crippen molar-refractivity contribution in [3.05, 3.63) is 72.9 Å². The summed E-state index contributed by atoms with van der Waals surface area (Å²) < 4.78 is 10.9. The van der Waals surface area contributed by atoms with Gasteiger partial charge in [0.15, 0.2) is 0 Å². The van der Waals surface area contributed by atoms with Gasteiger partial charge in [-0.05, 0) is 61.9 Å². The summed E-state index contributed by atoms with van der Waals surface area (Å²) in [6, 6.07) is 12.9. The van der Waals surface area contributed by atoms with Crippen LogP contribution >= 0.6 is 0 Å². The predicted molar refractivity (Wildman–Crippen MR) is 106 cm³/mol. The van der Waals surface area contributed by atoms with Gasteiger partial charge in [0.25, 0.3) is 0 Å². The van der Waals surface area contributed by atoms with E-state index in [9.17, 15) is 4.79 Å². The topological polar surface area (TPSA) is 67.6 Å². The summed E-state index contributed by atoms with van der Waals surface area (Å²) in [5.41, 5.74) is 1.86. The number of nitrogens with zero attached hydrogens (tertiary/aromatic N) is 2. The van der Waals surface area contributed by atoms with Gasteiger partial charge >= 0.3 is 0 Å². The molecule has 6 heteroatoms. The molecule has 1 aromatic carbocycles. The van der Waals surface area contributed by atoms with E-state index in [0.29, 0.717) is 11.5 Å². The smallest absolute Gasteiger partial charge is 0.241 e. The molecule has 1 aliphatic heterocycles. The van der Waals surface area contributed by atoms with Crippen LogP contribution in [0, 0.1) is 0 Å². The third-order valence-corrected chi connectivity index (χ3v) is 4.87. The number of aromatic nitrogens is 1. The SMILES string of the molecule is O=C(Nc1ccc(Oc2cccnc2)cc1)[C@H]1CCCCN1Cc1ccoc1. The number of piperidine rings is 1. The Kier molecular flexibility index (Phi) is 5.68. The number of carbonyl (C=O) groups is 1. The number of hydrogen-bond donors (Lipinski definition) is 1. The number of anilines is 1. The third kappa shape index (κ3) is 4.58. The molecule has 1 aliphatic rings. The maximum atomic E-state index is 12.9. The van der Waals surface area contributed by atoms with Gasteiger partial charge in [-0.15, -0.1) is 0 Å². The van der Waals surface area contributed by atoms with Crippen molar-refractivity contribution in [1.82, 2.24) is 9.88 Å². The van der Waals surface area contributed by atoms with Gasteiger partial charge in [-0.3, -0.25) is 14.7 Å². The lowest BCUT2D eigenvalue weighted by Gasteiger charge is -2.34. The molecule has 1 amide bonds. The first-order valence-electron chi connectivity index (χ1n) is 9.52. The van der Waals surface area contributed by atoms with Gasteiger partial charge in [0.2, 0.25) is 5.91 Å². The summed E-state index contributed by atoms with van der Waals surface area (Å²) in [6.45, 7) is 1.65. The van der Waals surface area contributed by atoms with Gasteiger partial charge in [0.1, 0.15) is 11.5 Å². The second kappa shape index (κ2) is 8.71. The van der Waals surface area contributed by atoms with Crippen molar-refractivity contribution in [3.63, 3.8) is 0 Å². The zero-order valence-electron chi connectivity index (χ0n) is 15.6. The average molecular weight is 377 g/mol. The van der Waals surface area contributed by atoms with Crippen LogP contribution in [-0.2, 0) is 11.3 Å². The Bertz CT molecular complexity index is 879. The zero-order chi connectivity index (χ0) is 19.2. The first-order valence-corrected chi connectivity index (χ1v) is 9.52. The van der Waals surface area contributed by atoms with Crippen LogP contribution in [0.3, 0.4) is 0 Å². The van der Waals surface area contributed by atoms with E-state index in [1.54, 1.807) is 24.9 Å². The Morgan fingerprint density at radius 3 is 2.82 bits per heavy atom. The number of pyridine rings is 1. The molecular weight excluding hydrogens is 354 g/mol. The van der Waals surface area contributed by atoms with Crippen LogP contribution in [0.2, 0.25) is 0 Å². The second-order valence-electron chi connectivity index (χ2n) is 6.92. The van der Waals surface area contributed by atoms with Gasteiger partial charge < -0.3 is 14.5 Å². The Morgan fingerprint density at radius 2 is 2.07 bits per heavy atom. The highest BCUT2D eigenvalue weighted by molar-refractivity contribution is 5.94. The van der Waals surface area contributed by atoms with Crippen LogP contribution in [0.1, 0.15) is 24.8 Å². The van der Waals surface area contributed by atoms with Crippen molar-refractivity contribution in [1.29, 1.82) is 0 Å². The van der Waals surface area contributed by atoms with E-state index < -0.39 is 0 Å². The molecule has 28 heavy (non-hydrogen) atoms. The van der Waals surface area contributed by atoms with Gasteiger partial charge in [0.05, 0.1) is 24.8 Å². The average Bonchev–Trinajstić information content (AvgIpc) is 3.24. The molecule has 1 saturated heterocycles. The maximum absolute atomic E-state index is 12.9. The van der Waals surface area contributed by atoms with Crippen LogP contribution in [0.25, 0.3) is 0 Å². The fourth-order valence-electron chi connectivity index (χ4n) is 3.47. The van der Waals surface area contributed by atoms with E-state index in [1.807, 2.05) is 42.5 Å². The van der Waals surface area contributed by atoms with Gasteiger partial charge in [0, 0.05) is 24.0 Å². The molecule has 0 radical (unpaired) electrons. The van der Waals surface area contributed by atoms with Crippen molar-refractivity contribution < 1.29 is 13.9 Å². The summed E-state index contributed by atoms with van der Waals surface area (Å²) in [6.07, 6.45) is 9.82. The Hall–Kier alpha value is -3.12. The first kappa shape index (κ1) is 18.3. The highest BCUT2D eigenvalue weighted by Gasteiger charge is 2.28. The molecule has 0 saturated carbocycles. The summed E-state index contributed by atoms with van der Waals surface area (Å²) in [5.74, 6) is 1.41. The number of hydrogen-bond acceptors (Lipinski definition) is 5. The minimum atomic E-state index is -0.130. The van der Waals surface area contributed by atoms with E-state index in [4.69, 9.17) is 9.15 Å². The van der Waals surface area contributed by atoms with E-state index in [1.165, 1.54) is 0 Å². The first-order chi connectivity index (χ1) is 13.8. The Balaban J connectivity index is 1.37. The highest BCUT2D eigenvalue weighted by Crippen LogP contribution is 2.24. The van der Waals surface area contributed by atoms with Crippen LogP contribution in [0.4, 0.5) is 5.69 Å². The zero-order valence-corrected chi connectivity index (χ0v) is 15.6. The van der Waals surface area contributed by atoms with Crippen LogP contribution < -0.4 is 10.1 Å². The van der Waals surface area contributed by atoms with E-state index in [0.717, 1.165) is 43.6 Å². The molecular formula is C22H23N3O3. The van der Waals surface area contributed by atoms with Crippen molar-refractivity contribution in [2.75, 3.05) is 11.9 Å². The number of amides is 1. The van der Waals surface area contributed by atoms with Crippen LogP contribution in [0.15, 0.2) is 71.8 Å². The fraction of sp³-hybridized carbons (Fsp3) is 0.273. The number of carbonyl (C=O) groups excluding carboxylic acids is 1. The number of ether oxygens (including phenoxy) is 1. The predicted octanol–water partition coefficient (Wildman–Crippen LogP) is 4.46. The summed E-state index contributed by atoms with van der Waals surface area (Å²) in [4.78, 5) is 19.1. The lowest BCUT2D eigenvalue weighted by molar-refractivity contribution is -0.122. The number of likely N-dealkylation sites (tertiary alicyclic amines) is 1. The van der Waals surface area contributed by atoms with Gasteiger partial charge in [-0.2, -0.15) is 0 Å². The molecule has 4 rings (SSSR count). The van der Waals surface area contributed by atoms with E-state index in [2.05, 4.69) is 15.2 Å². The Labute approximate surface area is 164 Å². The molecule has 144 valence electrons. The molecule has 6 nitrogen and oxygen atoms in total. The van der Waals surface area contributed by atoms with Crippen LogP contribution in [-0.4, -0.2) is 28.4 Å². The third-order valence-electron chi connectivity index (χ3n) is 4.87. The van der Waals surface area contributed by atoms with E-state index in [-0.39, 0.29) is 11.9 Å². The Morgan fingerprint density at radius 1 is 1.18 bits per heavy atom. The monoisotopic (exact) mass is 377 g/mol. The summed E-state index contributed by atoms with van der Waals surface area (Å²) in [5, 5.41) is 3.04. The number of nitrogens with one attached hydrogen (secondary N) is 1. The van der Waals surface area contributed by atoms with Crippen molar-refractivity contribution in [2.45, 2.75) is 31.8 Å². The molecule has 3 aromatic rings. The lowest BCUT2D eigenvalue weighted by atomic mass is 10.0. The number of rotatable bonds is 6. The van der Waals surface area contributed by atoms with Crippen LogP contribution in [0.5, 0.6) is 11.5 Å². The molecule has 2 aromatic heterocycles. The molecule has 0 unspecified atom stereocenters. The molecule has 0 spiro atoms. The number of benzene rings is 1. The maximum Gasteiger partial charge on any atom is 0.241 e. The molecule has 1 N–H and O–H groups in total. The fourth-order valence-corrected chi connectivity index (χ4v) is 3.47. The molecule has 1 fully saturated rings. The molecule has 0 bridgehead atoms. The molecule has 0 aliphatic carbocycles. The van der Waals surface area contributed by atoms with E-state index >= 15 is 0 Å². The lowest BCUT2D eigenvalue weighted by Crippen LogP contribution is -2.46.